The maximum Gasteiger partial charge on any atom is 0.308 e. The zero-order valence-electron chi connectivity index (χ0n) is 22.7. The van der Waals surface area contributed by atoms with Crippen LogP contribution in [0.1, 0.15) is 31.2 Å². The standard InChI is InChI=1S/C31H28FN5O4S/c1-17-6-12-21(13-7-17)42(40,41)37-16-24(23-14-20(32)15-33-30(23)37)29-34-25-5-3-2-4-22(25)28(36-29)35-27-19-10-8-18(9-11-19)26(27)31(38)39/h2-7,12-16,18-19,26-27H,8-11H2,1H3,(H,38,39)(H,34,35,36). The van der Waals surface area contributed by atoms with Gasteiger partial charge in [0.2, 0.25) is 0 Å². The number of carboxylic acids is 1. The summed E-state index contributed by atoms with van der Waals surface area (Å²) in [6.45, 7) is 1.86. The maximum absolute atomic E-state index is 14.5. The molecule has 11 heteroatoms. The monoisotopic (exact) mass is 585 g/mol. The minimum absolute atomic E-state index is 0.0498. The van der Waals surface area contributed by atoms with Crippen LogP contribution in [-0.4, -0.2) is 44.5 Å². The van der Waals surface area contributed by atoms with Crippen molar-refractivity contribution in [2.75, 3.05) is 5.32 Å². The van der Waals surface area contributed by atoms with Gasteiger partial charge in [0.05, 0.1) is 22.5 Å². The SMILES string of the molecule is Cc1ccc(S(=O)(=O)n2cc(-c3nc(NC4C5CCC(CC5)C4C(=O)O)c4ccccc4n3)c3cc(F)cnc32)cc1. The van der Waals surface area contributed by atoms with Crippen LogP contribution in [0.3, 0.4) is 0 Å². The zero-order chi connectivity index (χ0) is 29.2. The minimum Gasteiger partial charge on any atom is -0.481 e. The number of rotatable bonds is 6. The van der Waals surface area contributed by atoms with Crippen LogP contribution in [0.15, 0.2) is 71.9 Å². The fourth-order valence-corrected chi connectivity index (χ4v) is 8.04. The first-order valence-corrected chi connectivity index (χ1v) is 15.4. The number of hydrogen-bond donors (Lipinski definition) is 2. The second-order valence-corrected chi connectivity index (χ2v) is 13.1. The van der Waals surface area contributed by atoms with Crippen molar-refractivity contribution in [3.63, 3.8) is 0 Å². The number of aliphatic carboxylic acids is 1. The van der Waals surface area contributed by atoms with Gasteiger partial charge in [-0.15, -0.1) is 0 Å². The molecule has 5 aromatic rings. The molecule has 42 heavy (non-hydrogen) atoms. The van der Waals surface area contributed by atoms with Crippen molar-refractivity contribution in [3.8, 4) is 11.4 Å². The molecule has 3 aromatic heterocycles. The molecule has 2 atom stereocenters. The number of benzene rings is 2. The summed E-state index contributed by atoms with van der Waals surface area (Å²) in [5, 5.41) is 14.5. The topological polar surface area (TPSA) is 127 Å². The van der Waals surface area contributed by atoms with Gasteiger partial charge in [-0.05, 0) is 74.8 Å². The molecule has 3 saturated carbocycles. The number of halogens is 1. The lowest BCUT2D eigenvalue weighted by Crippen LogP contribution is -2.51. The first-order valence-electron chi connectivity index (χ1n) is 14.0. The predicted octanol–water partition coefficient (Wildman–Crippen LogP) is 5.63. The Morgan fingerprint density at radius 2 is 1.71 bits per heavy atom. The highest BCUT2D eigenvalue weighted by atomic mass is 32.2. The number of carboxylic acid groups (broad SMARTS) is 1. The summed E-state index contributed by atoms with van der Waals surface area (Å²) in [6.07, 6.45) is 6.08. The van der Waals surface area contributed by atoms with Gasteiger partial charge in [-0.3, -0.25) is 4.79 Å². The minimum atomic E-state index is -4.09. The summed E-state index contributed by atoms with van der Waals surface area (Å²) >= 11 is 0. The fourth-order valence-electron chi connectivity index (χ4n) is 6.72. The van der Waals surface area contributed by atoms with E-state index in [4.69, 9.17) is 9.97 Å². The number of nitrogens with one attached hydrogen (secondary N) is 1. The number of fused-ring (bicyclic) bond motifs is 5. The Labute approximate surface area is 241 Å². The average molecular weight is 586 g/mol. The van der Waals surface area contributed by atoms with Crippen LogP contribution in [0.5, 0.6) is 0 Å². The van der Waals surface area contributed by atoms with Crippen molar-refractivity contribution in [3.05, 3.63) is 78.4 Å². The van der Waals surface area contributed by atoms with Gasteiger partial charge in [-0.2, -0.15) is 0 Å². The van der Waals surface area contributed by atoms with Crippen LogP contribution in [0, 0.1) is 30.5 Å². The molecule has 0 spiro atoms. The van der Waals surface area contributed by atoms with Crippen molar-refractivity contribution in [1.29, 1.82) is 0 Å². The highest BCUT2D eigenvalue weighted by Crippen LogP contribution is 2.47. The quantitative estimate of drug-likeness (QED) is 0.262. The van der Waals surface area contributed by atoms with E-state index in [1.807, 2.05) is 31.2 Å². The van der Waals surface area contributed by atoms with E-state index in [0.717, 1.165) is 41.4 Å². The van der Waals surface area contributed by atoms with E-state index in [1.54, 1.807) is 12.1 Å². The molecule has 2 bridgehead atoms. The number of hydrogen-bond acceptors (Lipinski definition) is 7. The molecule has 9 nitrogen and oxygen atoms in total. The highest BCUT2D eigenvalue weighted by molar-refractivity contribution is 7.90. The summed E-state index contributed by atoms with van der Waals surface area (Å²) in [4.78, 5) is 26.1. The number of carbonyl (C=O) groups is 1. The largest absolute Gasteiger partial charge is 0.481 e. The van der Waals surface area contributed by atoms with Crippen LogP contribution in [0.25, 0.3) is 33.3 Å². The first-order chi connectivity index (χ1) is 20.2. The van der Waals surface area contributed by atoms with E-state index < -0.39 is 27.7 Å². The molecule has 2 aromatic carbocycles. The third-order valence-electron chi connectivity index (χ3n) is 8.81. The molecule has 0 radical (unpaired) electrons. The molecule has 2 unspecified atom stereocenters. The number of aryl methyl sites for hydroxylation is 1. The number of nitrogens with zero attached hydrogens (tertiary/aromatic N) is 4. The number of anilines is 1. The molecule has 3 heterocycles. The molecule has 0 saturated heterocycles. The smallest absolute Gasteiger partial charge is 0.308 e. The Hall–Kier alpha value is -4.38. The lowest BCUT2D eigenvalue weighted by molar-refractivity contribution is -0.148. The Kier molecular flexibility index (Phi) is 6.23. The summed E-state index contributed by atoms with van der Waals surface area (Å²) in [7, 11) is -4.09. The van der Waals surface area contributed by atoms with E-state index in [2.05, 4.69) is 10.3 Å². The van der Waals surface area contributed by atoms with Crippen molar-refractivity contribution in [1.82, 2.24) is 18.9 Å². The molecular formula is C31H28FN5O4S. The molecule has 0 aliphatic heterocycles. The van der Waals surface area contributed by atoms with Gasteiger partial charge in [-0.1, -0.05) is 29.8 Å². The Morgan fingerprint density at radius 3 is 2.45 bits per heavy atom. The lowest BCUT2D eigenvalue weighted by Gasteiger charge is -2.47. The molecule has 2 N–H and O–H groups in total. The first kappa shape index (κ1) is 26.5. The molecule has 3 aliphatic carbocycles. The zero-order valence-corrected chi connectivity index (χ0v) is 23.6. The Balaban J connectivity index is 1.40. The molecule has 3 aliphatic rings. The second kappa shape index (κ2) is 9.87. The molecular weight excluding hydrogens is 557 g/mol. The Bertz CT molecular complexity index is 1970. The number of aromatic nitrogens is 4. The van der Waals surface area contributed by atoms with Gasteiger partial charge < -0.3 is 10.4 Å². The van der Waals surface area contributed by atoms with Gasteiger partial charge in [-0.25, -0.2) is 31.7 Å². The van der Waals surface area contributed by atoms with Crippen molar-refractivity contribution < 1.29 is 22.7 Å². The van der Waals surface area contributed by atoms with E-state index in [1.165, 1.54) is 24.4 Å². The van der Waals surface area contributed by atoms with Crippen molar-refractivity contribution >= 4 is 43.7 Å². The molecule has 8 rings (SSSR count). The normalized spacial score (nSPS) is 22.0. The summed E-state index contributed by atoms with van der Waals surface area (Å²) in [5.41, 5.74) is 1.84. The summed E-state index contributed by atoms with van der Waals surface area (Å²) < 4.78 is 43.0. The van der Waals surface area contributed by atoms with Gasteiger partial charge in [0, 0.05) is 28.6 Å². The van der Waals surface area contributed by atoms with E-state index in [0.29, 0.717) is 22.3 Å². The van der Waals surface area contributed by atoms with Gasteiger partial charge in [0.25, 0.3) is 10.0 Å². The lowest BCUT2D eigenvalue weighted by atomic mass is 9.61. The van der Waals surface area contributed by atoms with Crippen LogP contribution in [0.2, 0.25) is 0 Å². The van der Waals surface area contributed by atoms with Crippen LogP contribution in [-0.2, 0) is 14.8 Å². The molecule has 0 amide bonds. The highest BCUT2D eigenvalue weighted by Gasteiger charge is 2.47. The van der Waals surface area contributed by atoms with Gasteiger partial charge in [0.1, 0.15) is 11.6 Å². The van der Waals surface area contributed by atoms with Crippen LogP contribution >= 0.6 is 0 Å². The molecule has 214 valence electrons. The van der Waals surface area contributed by atoms with Crippen LogP contribution in [0.4, 0.5) is 10.2 Å². The molecule has 3 fully saturated rings. The van der Waals surface area contributed by atoms with E-state index >= 15 is 0 Å². The summed E-state index contributed by atoms with van der Waals surface area (Å²) in [5.74, 6) is -1.02. The third kappa shape index (κ3) is 4.30. The number of pyridine rings is 1. The third-order valence-corrected chi connectivity index (χ3v) is 10.5. The van der Waals surface area contributed by atoms with Crippen LogP contribution < -0.4 is 5.32 Å². The summed E-state index contributed by atoms with van der Waals surface area (Å²) in [6, 6.07) is 14.7. The predicted molar refractivity (Wildman–Crippen MR) is 156 cm³/mol. The number of para-hydroxylation sites is 1. The fraction of sp³-hybridized carbons (Fsp3) is 0.290. The average Bonchev–Trinajstić information content (AvgIpc) is 3.37. The van der Waals surface area contributed by atoms with Crippen molar-refractivity contribution in [2.24, 2.45) is 17.8 Å². The second-order valence-electron chi connectivity index (χ2n) is 11.3. The van der Waals surface area contributed by atoms with Crippen molar-refractivity contribution in [2.45, 2.75) is 43.5 Å². The van der Waals surface area contributed by atoms with Gasteiger partial charge >= 0.3 is 5.97 Å². The Morgan fingerprint density at radius 1 is 1.00 bits per heavy atom. The maximum atomic E-state index is 14.5. The van der Waals surface area contributed by atoms with E-state index in [-0.39, 0.29) is 39.6 Å². The van der Waals surface area contributed by atoms with E-state index in [9.17, 15) is 22.7 Å². The van der Waals surface area contributed by atoms with Gasteiger partial charge in [0.15, 0.2) is 11.5 Å².